The fourth-order valence-electron chi connectivity index (χ4n) is 2.11. The highest BCUT2D eigenvalue weighted by atomic mass is 28.4. The Labute approximate surface area is 84.0 Å². The molecule has 1 rings (SSSR count). The summed E-state index contributed by atoms with van der Waals surface area (Å²) in [5, 5.41) is 0. The summed E-state index contributed by atoms with van der Waals surface area (Å²) in [6.45, 7) is 9.20. The second-order valence-corrected chi connectivity index (χ2v) is 9.03. The monoisotopic (exact) mass is 200 g/mol. The Bertz CT molecular complexity index is 146. The van der Waals surface area contributed by atoms with Crippen LogP contribution in [0.25, 0.3) is 0 Å². The second kappa shape index (κ2) is 4.60. The first kappa shape index (κ1) is 11.3. The molecule has 0 N–H and O–H groups in total. The van der Waals surface area contributed by atoms with Crippen LogP contribution in [0.3, 0.4) is 0 Å². The van der Waals surface area contributed by atoms with Gasteiger partial charge in [0.1, 0.15) is 0 Å². The van der Waals surface area contributed by atoms with Crippen LogP contribution in [0.5, 0.6) is 0 Å². The third-order valence-electron chi connectivity index (χ3n) is 3.72. The number of hydrogen-bond acceptors (Lipinski definition) is 1. The molecule has 0 saturated heterocycles. The Hall–Kier alpha value is 0.177. The average molecular weight is 200 g/mol. The van der Waals surface area contributed by atoms with Gasteiger partial charge < -0.3 is 4.43 Å². The van der Waals surface area contributed by atoms with Crippen LogP contribution in [0.15, 0.2) is 0 Å². The molecule has 0 amide bonds. The normalized spacial score (nSPS) is 27.7. The fourth-order valence-corrected chi connectivity index (χ4v) is 5.05. The molecule has 1 fully saturated rings. The molecule has 0 bridgehead atoms. The Kier molecular flexibility index (Phi) is 3.99. The van der Waals surface area contributed by atoms with Crippen LogP contribution in [-0.2, 0) is 4.43 Å². The van der Waals surface area contributed by atoms with E-state index >= 15 is 0 Å². The predicted molar refractivity (Wildman–Crippen MR) is 60.5 cm³/mol. The third-order valence-corrected chi connectivity index (χ3v) is 8.39. The van der Waals surface area contributed by atoms with Gasteiger partial charge in [-0.1, -0.05) is 34.1 Å². The lowest BCUT2D eigenvalue weighted by Crippen LogP contribution is -2.36. The van der Waals surface area contributed by atoms with Gasteiger partial charge in [0.2, 0.25) is 0 Å². The van der Waals surface area contributed by atoms with E-state index in [0.717, 1.165) is 5.92 Å². The maximum absolute atomic E-state index is 6.34. The highest BCUT2D eigenvalue weighted by Gasteiger charge is 2.42. The van der Waals surface area contributed by atoms with Crippen molar-refractivity contribution in [2.75, 3.05) is 0 Å². The molecule has 0 aromatic heterocycles. The Morgan fingerprint density at radius 1 is 1.08 bits per heavy atom. The zero-order chi connectivity index (χ0) is 9.90. The van der Waals surface area contributed by atoms with Gasteiger partial charge in [0.05, 0.1) is 0 Å². The molecule has 1 aliphatic rings. The van der Waals surface area contributed by atoms with E-state index in [1.165, 1.54) is 31.0 Å². The van der Waals surface area contributed by atoms with E-state index in [9.17, 15) is 0 Å². The zero-order valence-electron chi connectivity index (χ0n) is 9.60. The van der Waals surface area contributed by atoms with Gasteiger partial charge in [-0.3, -0.25) is 0 Å². The molecule has 0 unspecified atom stereocenters. The van der Waals surface area contributed by atoms with E-state index in [1.54, 1.807) is 0 Å². The van der Waals surface area contributed by atoms with E-state index in [-0.39, 0.29) is 0 Å². The minimum absolute atomic E-state index is 0.650. The lowest BCUT2D eigenvalue weighted by atomic mass is 10.3. The van der Waals surface area contributed by atoms with Crippen molar-refractivity contribution in [3.8, 4) is 0 Å². The fraction of sp³-hybridized carbons (Fsp3) is 1.00. The Balaban J connectivity index is 2.39. The van der Waals surface area contributed by atoms with Crippen molar-refractivity contribution < 1.29 is 4.43 Å². The first-order valence-electron chi connectivity index (χ1n) is 5.89. The van der Waals surface area contributed by atoms with Crippen LogP contribution in [0.4, 0.5) is 0 Å². The molecule has 13 heavy (non-hydrogen) atoms. The summed E-state index contributed by atoms with van der Waals surface area (Å²) in [6.07, 6.45) is 3.30. The van der Waals surface area contributed by atoms with Crippen LogP contribution in [0, 0.1) is 5.92 Å². The molecule has 1 nitrogen and oxygen atoms in total. The molecular formula is C11H24OSi. The summed E-state index contributed by atoms with van der Waals surface area (Å²) in [7, 11) is -1.28. The Morgan fingerprint density at radius 2 is 1.62 bits per heavy atom. The summed E-state index contributed by atoms with van der Waals surface area (Å²) in [5.41, 5.74) is 0. The molecule has 0 aliphatic heterocycles. The van der Waals surface area contributed by atoms with E-state index in [2.05, 4.69) is 27.7 Å². The summed E-state index contributed by atoms with van der Waals surface area (Å²) < 4.78 is 6.34. The van der Waals surface area contributed by atoms with E-state index in [1.807, 2.05) is 0 Å². The van der Waals surface area contributed by atoms with E-state index in [0.29, 0.717) is 6.10 Å². The van der Waals surface area contributed by atoms with Crippen molar-refractivity contribution >= 4 is 8.32 Å². The molecule has 2 atom stereocenters. The second-order valence-electron chi connectivity index (χ2n) is 4.30. The lowest BCUT2D eigenvalue weighted by Gasteiger charge is -2.28. The molecule has 1 aliphatic carbocycles. The van der Waals surface area contributed by atoms with Crippen molar-refractivity contribution in [2.45, 2.75) is 64.8 Å². The number of rotatable bonds is 6. The minimum Gasteiger partial charge on any atom is -0.414 e. The van der Waals surface area contributed by atoms with E-state index < -0.39 is 8.32 Å². The smallest absolute Gasteiger partial charge is 0.192 e. The molecule has 0 heterocycles. The van der Waals surface area contributed by atoms with Gasteiger partial charge >= 0.3 is 0 Å². The van der Waals surface area contributed by atoms with Crippen molar-refractivity contribution in [1.82, 2.24) is 0 Å². The molecule has 0 spiro atoms. The van der Waals surface area contributed by atoms with Crippen molar-refractivity contribution in [1.29, 1.82) is 0 Å². The summed E-state index contributed by atoms with van der Waals surface area (Å²) in [6, 6.07) is 3.90. The van der Waals surface area contributed by atoms with Crippen LogP contribution in [0.1, 0.15) is 40.5 Å². The van der Waals surface area contributed by atoms with Gasteiger partial charge in [-0.2, -0.15) is 0 Å². The Morgan fingerprint density at radius 3 is 1.92 bits per heavy atom. The predicted octanol–water partition coefficient (Wildman–Crippen LogP) is 3.81. The molecule has 0 radical (unpaired) electrons. The molecule has 0 aromatic rings. The van der Waals surface area contributed by atoms with Crippen LogP contribution >= 0.6 is 0 Å². The maximum atomic E-state index is 6.34. The topological polar surface area (TPSA) is 9.23 Å². The van der Waals surface area contributed by atoms with Crippen molar-refractivity contribution in [3.05, 3.63) is 0 Å². The van der Waals surface area contributed by atoms with Gasteiger partial charge in [-0.15, -0.1) is 0 Å². The summed E-state index contributed by atoms with van der Waals surface area (Å²) >= 11 is 0. The SMILES string of the molecule is CC[C@H]1C[C@H]1O[Si](CC)(CC)CC. The molecular weight excluding hydrogens is 176 g/mol. The quantitative estimate of drug-likeness (QED) is 0.593. The largest absolute Gasteiger partial charge is 0.414 e. The molecule has 1 saturated carbocycles. The molecule has 78 valence electrons. The lowest BCUT2D eigenvalue weighted by molar-refractivity contribution is 0.265. The molecule has 2 heteroatoms. The highest BCUT2D eigenvalue weighted by Crippen LogP contribution is 2.40. The van der Waals surface area contributed by atoms with Gasteiger partial charge in [0.25, 0.3) is 0 Å². The van der Waals surface area contributed by atoms with Gasteiger partial charge in [0, 0.05) is 6.10 Å². The first-order valence-corrected chi connectivity index (χ1v) is 8.42. The zero-order valence-corrected chi connectivity index (χ0v) is 10.6. The third kappa shape index (κ3) is 2.56. The minimum atomic E-state index is -1.28. The average Bonchev–Trinajstić information content (AvgIpc) is 2.93. The first-order chi connectivity index (χ1) is 6.21. The number of hydrogen-bond donors (Lipinski definition) is 0. The van der Waals surface area contributed by atoms with Gasteiger partial charge in [-0.25, -0.2) is 0 Å². The standard InChI is InChI=1S/C11H24OSi/c1-5-10-9-11(10)12-13(6-2,7-3)8-4/h10-11H,5-9H2,1-4H3/t10-,11+/m0/s1. The highest BCUT2D eigenvalue weighted by molar-refractivity contribution is 6.73. The van der Waals surface area contributed by atoms with Crippen molar-refractivity contribution in [3.63, 3.8) is 0 Å². The van der Waals surface area contributed by atoms with Gasteiger partial charge in [-0.05, 0) is 30.5 Å². The van der Waals surface area contributed by atoms with Crippen LogP contribution in [0.2, 0.25) is 18.1 Å². The van der Waals surface area contributed by atoms with Gasteiger partial charge in [0.15, 0.2) is 8.32 Å². The van der Waals surface area contributed by atoms with Crippen LogP contribution in [-0.4, -0.2) is 14.4 Å². The van der Waals surface area contributed by atoms with Crippen molar-refractivity contribution in [2.24, 2.45) is 5.92 Å². The molecule has 0 aromatic carbocycles. The maximum Gasteiger partial charge on any atom is 0.192 e. The summed E-state index contributed by atoms with van der Waals surface area (Å²) in [4.78, 5) is 0. The summed E-state index contributed by atoms with van der Waals surface area (Å²) in [5.74, 6) is 0.900. The van der Waals surface area contributed by atoms with E-state index in [4.69, 9.17) is 4.43 Å². The van der Waals surface area contributed by atoms with Crippen LogP contribution < -0.4 is 0 Å².